The number of nitrogens with one attached hydrogen (secondary N) is 1. The molecule has 0 aliphatic heterocycles. The Bertz CT molecular complexity index is 371. The zero-order valence-electron chi connectivity index (χ0n) is 9.53. The van der Waals surface area contributed by atoms with Gasteiger partial charge in [0.25, 0.3) is 0 Å². The van der Waals surface area contributed by atoms with E-state index >= 15 is 0 Å². The highest BCUT2D eigenvalue weighted by Crippen LogP contribution is 2.17. The fourth-order valence-corrected chi connectivity index (χ4v) is 1.88. The fourth-order valence-electron chi connectivity index (χ4n) is 1.46. The van der Waals surface area contributed by atoms with E-state index in [0.717, 1.165) is 10.0 Å². The van der Waals surface area contributed by atoms with E-state index in [-0.39, 0.29) is 5.91 Å². The van der Waals surface area contributed by atoms with Gasteiger partial charge in [0.1, 0.15) is 0 Å². The van der Waals surface area contributed by atoms with Gasteiger partial charge < -0.3 is 16.2 Å². The van der Waals surface area contributed by atoms with Gasteiger partial charge in [0.2, 0.25) is 5.91 Å². The predicted molar refractivity (Wildman–Crippen MR) is 70.4 cm³/mol. The average Bonchev–Trinajstić information content (AvgIpc) is 2.28. The molecule has 5 heteroatoms. The number of amides is 1. The molecule has 0 saturated carbocycles. The minimum atomic E-state index is -0.541. The molecule has 0 radical (unpaired) electrons. The van der Waals surface area contributed by atoms with Crippen molar-refractivity contribution < 1.29 is 9.90 Å². The Balaban J connectivity index is 2.25. The van der Waals surface area contributed by atoms with Gasteiger partial charge in [-0.15, -0.1) is 0 Å². The second-order valence-electron chi connectivity index (χ2n) is 3.84. The van der Waals surface area contributed by atoms with E-state index < -0.39 is 6.10 Å². The van der Waals surface area contributed by atoms with E-state index in [0.29, 0.717) is 25.9 Å². The number of aliphatic hydroxyl groups is 1. The van der Waals surface area contributed by atoms with Crippen molar-refractivity contribution in [3.8, 4) is 0 Å². The van der Waals surface area contributed by atoms with Crippen LogP contribution in [0.5, 0.6) is 0 Å². The molecule has 1 unspecified atom stereocenters. The molecule has 1 atom stereocenters. The number of aliphatic hydroxyl groups excluding tert-OH is 1. The Morgan fingerprint density at radius 2 is 2.29 bits per heavy atom. The predicted octanol–water partition coefficient (Wildman–Crippen LogP) is 1.34. The number of benzene rings is 1. The Labute approximate surface area is 109 Å². The largest absolute Gasteiger partial charge is 0.387 e. The first-order valence-electron chi connectivity index (χ1n) is 5.52. The maximum absolute atomic E-state index is 10.5. The molecule has 0 fully saturated rings. The molecule has 0 spiro atoms. The molecule has 0 bridgehead atoms. The van der Waals surface area contributed by atoms with E-state index in [2.05, 4.69) is 21.2 Å². The van der Waals surface area contributed by atoms with Crippen LogP contribution in [0.3, 0.4) is 0 Å². The normalized spacial score (nSPS) is 12.4. The van der Waals surface area contributed by atoms with Crippen LogP contribution in [-0.2, 0) is 4.79 Å². The molecule has 4 nitrogen and oxygen atoms in total. The van der Waals surface area contributed by atoms with Gasteiger partial charge in [-0.05, 0) is 30.7 Å². The molecule has 1 rings (SSSR count). The number of nitrogens with two attached hydrogens (primary N) is 1. The topological polar surface area (TPSA) is 75.4 Å². The lowest BCUT2D eigenvalue weighted by Crippen LogP contribution is -2.23. The lowest BCUT2D eigenvalue weighted by atomic mass is 10.1. The molecule has 0 aromatic heterocycles. The summed E-state index contributed by atoms with van der Waals surface area (Å²) >= 11 is 3.36. The summed E-state index contributed by atoms with van der Waals surface area (Å²) in [6, 6.07) is 7.56. The Kier molecular flexibility index (Phi) is 6.18. The smallest absolute Gasteiger partial charge is 0.217 e. The van der Waals surface area contributed by atoms with Crippen LogP contribution in [0.1, 0.15) is 24.5 Å². The van der Waals surface area contributed by atoms with Crippen LogP contribution in [0.15, 0.2) is 28.7 Å². The number of rotatable bonds is 7. The van der Waals surface area contributed by atoms with Gasteiger partial charge in [-0.3, -0.25) is 4.79 Å². The van der Waals surface area contributed by atoms with Gasteiger partial charge in [-0.2, -0.15) is 0 Å². The van der Waals surface area contributed by atoms with E-state index in [9.17, 15) is 9.90 Å². The molecule has 17 heavy (non-hydrogen) atoms. The minimum Gasteiger partial charge on any atom is -0.387 e. The van der Waals surface area contributed by atoms with Crippen LogP contribution in [0, 0.1) is 0 Å². The lowest BCUT2D eigenvalue weighted by Gasteiger charge is -2.12. The molecular weight excluding hydrogens is 284 g/mol. The molecule has 4 N–H and O–H groups in total. The average molecular weight is 301 g/mol. The molecule has 1 aromatic rings. The maximum Gasteiger partial charge on any atom is 0.217 e. The van der Waals surface area contributed by atoms with Crippen LogP contribution < -0.4 is 11.1 Å². The van der Waals surface area contributed by atoms with Crippen molar-refractivity contribution in [1.82, 2.24) is 5.32 Å². The summed E-state index contributed by atoms with van der Waals surface area (Å²) in [6.07, 6.45) is 0.529. The first-order valence-corrected chi connectivity index (χ1v) is 6.31. The standard InChI is InChI=1S/C12H17BrN2O2/c13-10-4-1-3-9(7-10)11(16)8-15-6-2-5-12(14)17/h1,3-4,7,11,15-16H,2,5-6,8H2,(H2,14,17). The summed E-state index contributed by atoms with van der Waals surface area (Å²) in [7, 11) is 0. The summed E-state index contributed by atoms with van der Waals surface area (Å²) in [5.74, 6) is -0.292. The van der Waals surface area contributed by atoms with Gasteiger partial charge in [0.05, 0.1) is 6.10 Å². The third-order valence-electron chi connectivity index (χ3n) is 2.35. The zero-order chi connectivity index (χ0) is 12.7. The summed E-state index contributed by atoms with van der Waals surface area (Å²) in [6.45, 7) is 1.14. The molecule has 94 valence electrons. The van der Waals surface area contributed by atoms with Crippen molar-refractivity contribution in [2.24, 2.45) is 5.73 Å². The van der Waals surface area contributed by atoms with Crippen LogP contribution in [0.25, 0.3) is 0 Å². The number of carbonyl (C=O) groups excluding carboxylic acids is 1. The lowest BCUT2D eigenvalue weighted by molar-refractivity contribution is -0.118. The molecule has 0 saturated heterocycles. The van der Waals surface area contributed by atoms with E-state index in [1.54, 1.807) is 0 Å². The van der Waals surface area contributed by atoms with Crippen molar-refractivity contribution in [3.05, 3.63) is 34.3 Å². The first-order chi connectivity index (χ1) is 8.09. The zero-order valence-corrected chi connectivity index (χ0v) is 11.1. The van der Waals surface area contributed by atoms with Crippen LogP contribution >= 0.6 is 15.9 Å². The highest BCUT2D eigenvalue weighted by Gasteiger charge is 2.06. The molecule has 0 aliphatic carbocycles. The number of hydrogen-bond acceptors (Lipinski definition) is 3. The van der Waals surface area contributed by atoms with E-state index in [1.165, 1.54) is 0 Å². The molecular formula is C12H17BrN2O2. The monoisotopic (exact) mass is 300 g/mol. The molecule has 0 heterocycles. The van der Waals surface area contributed by atoms with Crippen LogP contribution in [0.2, 0.25) is 0 Å². The number of hydrogen-bond donors (Lipinski definition) is 3. The molecule has 1 amide bonds. The van der Waals surface area contributed by atoms with Gasteiger partial charge in [-0.25, -0.2) is 0 Å². The Hall–Kier alpha value is -0.910. The second-order valence-corrected chi connectivity index (χ2v) is 4.76. The first kappa shape index (κ1) is 14.2. The van der Waals surface area contributed by atoms with Gasteiger partial charge >= 0.3 is 0 Å². The van der Waals surface area contributed by atoms with Crippen molar-refractivity contribution in [2.75, 3.05) is 13.1 Å². The fraction of sp³-hybridized carbons (Fsp3) is 0.417. The summed E-state index contributed by atoms with van der Waals surface area (Å²) < 4.78 is 0.947. The molecule has 0 aliphatic rings. The second kappa shape index (κ2) is 7.42. The molecule has 1 aromatic carbocycles. The van der Waals surface area contributed by atoms with Gasteiger partial charge in [-0.1, -0.05) is 28.1 Å². The van der Waals surface area contributed by atoms with E-state index in [4.69, 9.17) is 5.73 Å². The number of primary amides is 1. The van der Waals surface area contributed by atoms with Gasteiger partial charge in [0, 0.05) is 17.4 Å². The minimum absolute atomic E-state index is 0.292. The van der Waals surface area contributed by atoms with Crippen LogP contribution in [-0.4, -0.2) is 24.1 Å². The summed E-state index contributed by atoms with van der Waals surface area (Å²) in [5, 5.41) is 13.0. The van der Waals surface area contributed by atoms with Crippen molar-refractivity contribution in [1.29, 1.82) is 0 Å². The quantitative estimate of drug-likeness (QED) is 0.665. The number of carbonyl (C=O) groups is 1. The highest BCUT2D eigenvalue weighted by atomic mass is 79.9. The van der Waals surface area contributed by atoms with Crippen molar-refractivity contribution in [3.63, 3.8) is 0 Å². The van der Waals surface area contributed by atoms with Crippen molar-refractivity contribution in [2.45, 2.75) is 18.9 Å². The SMILES string of the molecule is NC(=O)CCCNCC(O)c1cccc(Br)c1. The Morgan fingerprint density at radius 3 is 2.94 bits per heavy atom. The third-order valence-corrected chi connectivity index (χ3v) is 2.84. The maximum atomic E-state index is 10.5. The third kappa shape index (κ3) is 5.81. The highest BCUT2D eigenvalue weighted by molar-refractivity contribution is 9.10. The van der Waals surface area contributed by atoms with Crippen LogP contribution in [0.4, 0.5) is 0 Å². The Morgan fingerprint density at radius 1 is 1.53 bits per heavy atom. The number of halogens is 1. The summed E-state index contributed by atoms with van der Waals surface area (Å²) in [4.78, 5) is 10.5. The van der Waals surface area contributed by atoms with E-state index in [1.807, 2.05) is 24.3 Å². The summed E-state index contributed by atoms with van der Waals surface area (Å²) in [5.41, 5.74) is 5.88. The van der Waals surface area contributed by atoms with Gasteiger partial charge in [0.15, 0.2) is 0 Å². The van der Waals surface area contributed by atoms with Crippen molar-refractivity contribution >= 4 is 21.8 Å².